The molecule has 0 heterocycles. The fraction of sp³-hybridized carbons (Fsp3) is 0.300. The lowest BCUT2D eigenvalue weighted by atomic mass is 10.1. The van der Waals surface area contributed by atoms with Crippen LogP contribution in [0.5, 0.6) is 5.75 Å². The van der Waals surface area contributed by atoms with Crippen LogP contribution in [0.1, 0.15) is 26.3 Å². The van der Waals surface area contributed by atoms with Crippen molar-refractivity contribution >= 4 is 21.9 Å². The Bertz CT molecular complexity index is 985. The third kappa shape index (κ3) is 5.33. The summed E-state index contributed by atoms with van der Waals surface area (Å²) in [6.45, 7) is 0.345. The first kappa shape index (κ1) is 22.4. The zero-order valence-corrected chi connectivity index (χ0v) is 17.6. The monoisotopic (exact) mass is 420 g/mol. The average molecular weight is 420 g/mol. The number of ether oxygens (including phenoxy) is 2. The number of rotatable bonds is 8. The summed E-state index contributed by atoms with van der Waals surface area (Å²) in [5, 5.41) is 2.76. The van der Waals surface area contributed by atoms with Crippen molar-refractivity contribution in [2.75, 3.05) is 34.9 Å². The summed E-state index contributed by atoms with van der Waals surface area (Å²) in [7, 11) is 1.75. The molecule has 8 nitrogen and oxygen atoms in total. The van der Waals surface area contributed by atoms with Gasteiger partial charge in [-0.05, 0) is 42.3 Å². The van der Waals surface area contributed by atoms with Gasteiger partial charge in [-0.2, -0.15) is 0 Å². The van der Waals surface area contributed by atoms with E-state index in [9.17, 15) is 18.0 Å². The minimum Gasteiger partial charge on any atom is -0.495 e. The molecule has 0 spiro atoms. The van der Waals surface area contributed by atoms with E-state index in [1.807, 2.05) is 0 Å². The molecule has 0 radical (unpaired) electrons. The fourth-order valence-electron chi connectivity index (χ4n) is 2.56. The standard InChI is InChI=1S/C20H24N2O6S/c1-22(2)29(25,26)18-13-16(9-10-17(18)27-3)19(23)21-12-11-14-5-7-15(8-6-14)20(24)28-4/h5-10,13H,11-12H2,1-4H3,(H,21,23). The first-order valence-corrected chi connectivity index (χ1v) is 10.2. The molecule has 1 amide bonds. The van der Waals surface area contributed by atoms with Crippen molar-refractivity contribution in [2.24, 2.45) is 0 Å². The summed E-state index contributed by atoms with van der Waals surface area (Å²) >= 11 is 0. The van der Waals surface area contributed by atoms with E-state index in [4.69, 9.17) is 4.74 Å². The van der Waals surface area contributed by atoms with Gasteiger partial charge in [-0.25, -0.2) is 17.5 Å². The number of carbonyl (C=O) groups excluding carboxylic acids is 2. The Kier molecular flexibility index (Phi) is 7.35. The molecule has 0 aliphatic rings. The fourth-order valence-corrected chi connectivity index (χ4v) is 3.64. The topological polar surface area (TPSA) is 102 Å². The number of carbonyl (C=O) groups is 2. The third-order valence-corrected chi connectivity index (χ3v) is 6.09. The Morgan fingerprint density at radius 1 is 1.00 bits per heavy atom. The van der Waals surface area contributed by atoms with E-state index in [1.54, 1.807) is 24.3 Å². The smallest absolute Gasteiger partial charge is 0.337 e. The highest BCUT2D eigenvalue weighted by Crippen LogP contribution is 2.26. The molecule has 0 saturated heterocycles. The number of nitrogens with zero attached hydrogens (tertiary/aromatic N) is 1. The highest BCUT2D eigenvalue weighted by Gasteiger charge is 2.23. The number of hydrogen-bond donors (Lipinski definition) is 1. The zero-order valence-electron chi connectivity index (χ0n) is 16.8. The molecule has 2 aromatic carbocycles. The van der Waals surface area contributed by atoms with E-state index in [2.05, 4.69) is 10.1 Å². The Hall–Kier alpha value is -2.91. The second-order valence-electron chi connectivity index (χ2n) is 6.35. The van der Waals surface area contributed by atoms with Gasteiger partial charge >= 0.3 is 5.97 Å². The number of benzene rings is 2. The van der Waals surface area contributed by atoms with Gasteiger partial charge in [-0.1, -0.05) is 12.1 Å². The van der Waals surface area contributed by atoms with E-state index >= 15 is 0 Å². The Morgan fingerprint density at radius 2 is 1.62 bits per heavy atom. The van der Waals surface area contributed by atoms with Crippen LogP contribution in [0.3, 0.4) is 0 Å². The van der Waals surface area contributed by atoms with Crippen LogP contribution in [0.25, 0.3) is 0 Å². The molecular formula is C20H24N2O6S. The first-order valence-electron chi connectivity index (χ1n) is 8.76. The van der Waals surface area contributed by atoms with Gasteiger partial charge in [0.25, 0.3) is 5.91 Å². The van der Waals surface area contributed by atoms with Gasteiger partial charge in [0.1, 0.15) is 10.6 Å². The second kappa shape index (κ2) is 9.53. The molecule has 0 atom stereocenters. The first-order chi connectivity index (χ1) is 13.7. The molecule has 2 aromatic rings. The third-order valence-electron chi connectivity index (χ3n) is 4.26. The van der Waals surface area contributed by atoms with E-state index in [-0.39, 0.29) is 16.2 Å². The van der Waals surface area contributed by atoms with Crippen LogP contribution in [0.15, 0.2) is 47.4 Å². The number of nitrogens with one attached hydrogen (secondary N) is 1. The molecule has 156 valence electrons. The lowest BCUT2D eigenvalue weighted by Crippen LogP contribution is -2.27. The van der Waals surface area contributed by atoms with Crippen molar-refractivity contribution in [1.82, 2.24) is 9.62 Å². The van der Waals surface area contributed by atoms with E-state index in [0.29, 0.717) is 18.5 Å². The summed E-state index contributed by atoms with van der Waals surface area (Å²) in [5.41, 5.74) is 1.60. The summed E-state index contributed by atoms with van der Waals surface area (Å²) in [5.74, 6) is -0.636. The van der Waals surface area contributed by atoms with E-state index in [1.165, 1.54) is 46.5 Å². The maximum Gasteiger partial charge on any atom is 0.337 e. The van der Waals surface area contributed by atoms with Crippen molar-refractivity contribution in [3.8, 4) is 5.75 Å². The molecule has 0 fully saturated rings. The van der Waals surface area contributed by atoms with Crippen molar-refractivity contribution in [3.05, 3.63) is 59.2 Å². The van der Waals surface area contributed by atoms with Gasteiger partial charge in [-0.15, -0.1) is 0 Å². The maximum absolute atomic E-state index is 12.5. The largest absolute Gasteiger partial charge is 0.495 e. The lowest BCUT2D eigenvalue weighted by molar-refractivity contribution is 0.0600. The number of hydrogen-bond acceptors (Lipinski definition) is 6. The number of methoxy groups -OCH3 is 2. The molecule has 0 aromatic heterocycles. The van der Waals surface area contributed by atoms with Crippen molar-refractivity contribution < 1.29 is 27.5 Å². The van der Waals surface area contributed by atoms with Crippen molar-refractivity contribution in [3.63, 3.8) is 0 Å². The predicted molar refractivity (Wildman–Crippen MR) is 108 cm³/mol. The quantitative estimate of drug-likeness (QED) is 0.653. The molecule has 0 aliphatic heterocycles. The highest BCUT2D eigenvalue weighted by molar-refractivity contribution is 7.89. The minimum atomic E-state index is -3.76. The molecule has 29 heavy (non-hydrogen) atoms. The highest BCUT2D eigenvalue weighted by atomic mass is 32.2. The van der Waals surface area contributed by atoms with Gasteiger partial charge < -0.3 is 14.8 Å². The lowest BCUT2D eigenvalue weighted by Gasteiger charge is -2.15. The normalized spacial score (nSPS) is 11.2. The van der Waals surface area contributed by atoms with Crippen LogP contribution >= 0.6 is 0 Å². The van der Waals surface area contributed by atoms with Crippen molar-refractivity contribution in [1.29, 1.82) is 0 Å². The Balaban J connectivity index is 2.07. The molecule has 0 saturated carbocycles. The molecule has 2 rings (SSSR count). The zero-order chi connectivity index (χ0) is 21.6. The summed E-state index contributed by atoms with van der Waals surface area (Å²) in [4.78, 5) is 23.8. The number of esters is 1. The molecule has 0 unspecified atom stereocenters. The van der Waals surface area contributed by atoms with Gasteiger partial charge in [-0.3, -0.25) is 4.79 Å². The molecular weight excluding hydrogens is 396 g/mol. The molecule has 9 heteroatoms. The van der Waals surface area contributed by atoms with Crippen LogP contribution < -0.4 is 10.1 Å². The Labute approximate surface area is 170 Å². The Morgan fingerprint density at radius 3 is 2.17 bits per heavy atom. The summed E-state index contributed by atoms with van der Waals surface area (Å²) < 4.78 is 35.8. The van der Waals surface area contributed by atoms with Gasteiger partial charge in [0.2, 0.25) is 10.0 Å². The summed E-state index contributed by atoms with van der Waals surface area (Å²) in [6, 6.07) is 11.1. The SMILES string of the molecule is COC(=O)c1ccc(CCNC(=O)c2ccc(OC)c(S(=O)(=O)N(C)C)c2)cc1. The van der Waals surface area contributed by atoms with Gasteiger partial charge in [0.15, 0.2) is 0 Å². The second-order valence-corrected chi connectivity index (χ2v) is 8.47. The van der Waals surface area contributed by atoms with Crippen LogP contribution in [0, 0.1) is 0 Å². The van der Waals surface area contributed by atoms with Crippen LogP contribution in [-0.4, -0.2) is 59.5 Å². The van der Waals surface area contributed by atoms with E-state index < -0.39 is 21.9 Å². The van der Waals surface area contributed by atoms with Crippen LogP contribution in [0.4, 0.5) is 0 Å². The van der Waals surface area contributed by atoms with Crippen LogP contribution in [-0.2, 0) is 21.2 Å². The van der Waals surface area contributed by atoms with E-state index in [0.717, 1.165) is 9.87 Å². The van der Waals surface area contributed by atoms with Crippen molar-refractivity contribution in [2.45, 2.75) is 11.3 Å². The number of sulfonamides is 1. The minimum absolute atomic E-state index is 0.0731. The van der Waals surface area contributed by atoms with Gasteiger partial charge in [0, 0.05) is 26.2 Å². The molecule has 0 aliphatic carbocycles. The number of amides is 1. The molecule has 1 N–H and O–H groups in total. The average Bonchev–Trinajstić information content (AvgIpc) is 2.72. The maximum atomic E-state index is 12.5. The summed E-state index contributed by atoms with van der Waals surface area (Å²) in [6.07, 6.45) is 0.548. The van der Waals surface area contributed by atoms with Gasteiger partial charge in [0.05, 0.1) is 19.8 Å². The van der Waals surface area contributed by atoms with Crippen LogP contribution in [0.2, 0.25) is 0 Å². The molecule has 0 bridgehead atoms. The predicted octanol–water partition coefficient (Wildman–Crippen LogP) is 1.70.